The normalized spacial score (nSPS) is 10.1. The second-order valence-electron chi connectivity index (χ2n) is 3.54. The minimum Gasteiger partial charge on any atom is -0.324 e. The predicted octanol–water partition coefficient (Wildman–Crippen LogP) is 2.04. The van der Waals surface area contributed by atoms with E-state index in [2.05, 4.69) is 0 Å². The topological polar surface area (TPSA) is 39.1 Å². The highest BCUT2D eigenvalue weighted by atomic mass is 16.1. The van der Waals surface area contributed by atoms with Crippen LogP contribution >= 0.6 is 0 Å². The van der Waals surface area contributed by atoms with Gasteiger partial charge in [0.15, 0.2) is 11.2 Å². The van der Waals surface area contributed by atoms with Gasteiger partial charge in [-0.15, -0.1) is 0 Å². The third kappa shape index (κ3) is 2.08. The highest BCUT2D eigenvalue weighted by molar-refractivity contribution is 5.94. The van der Waals surface area contributed by atoms with Crippen LogP contribution < -0.4 is 5.43 Å². The molecule has 0 atom stereocenters. The van der Waals surface area contributed by atoms with Gasteiger partial charge < -0.3 is 4.57 Å². The summed E-state index contributed by atoms with van der Waals surface area (Å²) >= 11 is 0. The van der Waals surface area contributed by atoms with Crippen LogP contribution in [0.25, 0.3) is 5.69 Å². The molecular weight excluding hydrogens is 202 g/mol. The van der Waals surface area contributed by atoms with Gasteiger partial charge in [-0.3, -0.25) is 9.59 Å². The molecule has 0 saturated carbocycles. The molecule has 0 fully saturated rings. The molecule has 0 radical (unpaired) electrons. The Morgan fingerprint density at radius 2 is 1.56 bits per heavy atom. The molecule has 1 heterocycles. The van der Waals surface area contributed by atoms with E-state index in [4.69, 9.17) is 0 Å². The van der Waals surface area contributed by atoms with Crippen LogP contribution in [0.15, 0.2) is 53.6 Å². The first-order chi connectivity index (χ1) is 7.66. The zero-order valence-corrected chi connectivity index (χ0v) is 8.88. The molecule has 0 aliphatic heterocycles. The molecule has 80 valence electrons. The molecule has 2 rings (SSSR count). The quantitative estimate of drug-likeness (QED) is 0.716. The van der Waals surface area contributed by atoms with Gasteiger partial charge >= 0.3 is 0 Å². The van der Waals surface area contributed by atoms with Gasteiger partial charge in [0.1, 0.15) is 0 Å². The Kier molecular flexibility index (Phi) is 2.68. The number of carbonyl (C=O) groups is 1. The number of rotatable bonds is 2. The first kappa shape index (κ1) is 10.4. The average Bonchev–Trinajstić information content (AvgIpc) is 2.30. The molecule has 16 heavy (non-hydrogen) atoms. The van der Waals surface area contributed by atoms with E-state index in [-0.39, 0.29) is 11.2 Å². The third-order valence-electron chi connectivity index (χ3n) is 2.37. The number of aromatic nitrogens is 1. The van der Waals surface area contributed by atoms with E-state index in [9.17, 15) is 9.59 Å². The zero-order chi connectivity index (χ0) is 11.5. The van der Waals surface area contributed by atoms with Crippen molar-refractivity contribution in [1.82, 2.24) is 4.57 Å². The Morgan fingerprint density at radius 3 is 2.06 bits per heavy atom. The molecule has 0 amide bonds. The van der Waals surface area contributed by atoms with Crippen LogP contribution in [0.1, 0.15) is 17.3 Å². The maximum Gasteiger partial charge on any atom is 0.181 e. The van der Waals surface area contributed by atoms with Crippen LogP contribution in [0, 0.1) is 0 Å². The number of carbonyl (C=O) groups excluding carboxylic acids is 1. The van der Waals surface area contributed by atoms with Crippen LogP contribution in [0.3, 0.4) is 0 Å². The summed E-state index contributed by atoms with van der Waals surface area (Å²) in [5.74, 6) is 0.0476. The van der Waals surface area contributed by atoms with E-state index in [1.54, 1.807) is 24.5 Å². The van der Waals surface area contributed by atoms with E-state index in [0.29, 0.717) is 5.56 Å². The summed E-state index contributed by atoms with van der Waals surface area (Å²) in [4.78, 5) is 22.0. The van der Waals surface area contributed by atoms with E-state index in [1.807, 2.05) is 16.7 Å². The smallest absolute Gasteiger partial charge is 0.181 e. The van der Waals surface area contributed by atoms with Gasteiger partial charge in [0, 0.05) is 35.8 Å². The Morgan fingerprint density at radius 1 is 1.00 bits per heavy atom. The van der Waals surface area contributed by atoms with Crippen LogP contribution in [0.5, 0.6) is 0 Å². The summed E-state index contributed by atoms with van der Waals surface area (Å²) in [6.45, 7) is 1.54. The fourth-order valence-corrected chi connectivity index (χ4v) is 1.45. The zero-order valence-electron chi connectivity index (χ0n) is 8.88. The maximum absolute atomic E-state index is 11.1. The second-order valence-corrected chi connectivity index (χ2v) is 3.54. The number of benzene rings is 1. The Hall–Kier alpha value is -2.16. The van der Waals surface area contributed by atoms with E-state index in [0.717, 1.165) is 5.69 Å². The molecule has 0 spiro atoms. The van der Waals surface area contributed by atoms with Crippen LogP contribution in [-0.2, 0) is 0 Å². The third-order valence-corrected chi connectivity index (χ3v) is 2.37. The van der Waals surface area contributed by atoms with Gasteiger partial charge in [0.2, 0.25) is 0 Å². The van der Waals surface area contributed by atoms with Gasteiger partial charge in [-0.2, -0.15) is 0 Å². The van der Waals surface area contributed by atoms with Crippen LogP contribution in [-0.4, -0.2) is 10.4 Å². The van der Waals surface area contributed by atoms with Crippen molar-refractivity contribution in [2.45, 2.75) is 6.92 Å². The number of hydrogen-bond donors (Lipinski definition) is 0. The number of Topliss-reactive ketones (excluding diaryl/α,β-unsaturated/α-hetero) is 1. The molecule has 0 unspecified atom stereocenters. The number of hydrogen-bond acceptors (Lipinski definition) is 2. The summed E-state index contributed by atoms with van der Waals surface area (Å²) in [7, 11) is 0. The highest BCUT2D eigenvalue weighted by Gasteiger charge is 1.99. The lowest BCUT2D eigenvalue weighted by Gasteiger charge is -2.05. The van der Waals surface area contributed by atoms with Crippen LogP contribution in [0.4, 0.5) is 0 Å². The first-order valence-electron chi connectivity index (χ1n) is 4.96. The maximum atomic E-state index is 11.1. The Bertz CT molecular complexity index is 547. The van der Waals surface area contributed by atoms with Crippen molar-refractivity contribution >= 4 is 5.78 Å². The molecule has 2 aromatic rings. The molecule has 0 N–H and O–H groups in total. The number of nitrogens with zero attached hydrogens (tertiary/aromatic N) is 1. The molecule has 0 aliphatic rings. The lowest BCUT2D eigenvalue weighted by molar-refractivity contribution is 0.101. The first-order valence-corrected chi connectivity index (χ1v) is 4.96. The molecule has 1 aromatic carbocycles. The van der Waals surface area contributed by atoms with Crippen molar-refractivity contribution in [3.8, 4) is 5.69 Å². The summed E-state index contributed by atoms with van der Waals surface area (Å²) in [5, 5.41) is 0. The van der Waals surface area contributed by atoms with Crippen molar-refractivity contribution in [1.29, 1.82) is 0 Å². The fourth-order valence-electron chi connectivity index (χ4n) is 1.45. The molecule has 3 nitrogen and oxygen atoms in total. The van der Waals surface area contributed by atoms with Crippen molar-refractivity contribution in [2.75, 3.05) is 0 Å². The van der Waals surface area contributed by atoms with Crippen molar-refractivity contribution in [2.24, 2.45) is 0 Å². The van der Waals surface area contributed by atoms with Crippen molar-refractivity contribution in [3.05, 3.63) is 64.6 Å². The highest BCUT2D eigenvalue weighted by Crippen LogP contribution is 2.09. The molecular formula is C13H11NO2. The summed E-state index contributed by atoms with van der Waals surface area (Å²) in [6, 6.07) is 10.2. The lowest BCUT2D eigenvalue weighted by atomic mass is 10.1. The SMILES string of the molecule is CC(=O)c1ccc(-n2ccc(=O)cc2)cc1. The van der Waals surface area contributed by atoms with Gasteiger partial charge in [0.05, 0.1) is 0 Å². The van der Waals surface area contributed by atoms with Crippen molar-refractivity contribution in [3.63, 3.8) is 0 Å². The van der Waals surface area contributed by atoms with E-state index >= 15 is 0 Å². The predicted molar refractivity (Wildman–Crippen MR) is 62.0 cm³/mol. The fraction of sp³-hybridized carbons (Fsp3) is 0.0769. The van der Waals surface area contributed by atoms with Gasteiger partial charge in [-0.05, 0) is 31.2 Å². The number of pyridine rings is 1. The second kappa shape index (κ2) is 4.14. The molecule has 0 aliphatic carbocycles. The molecule has 0 bridgehead atoms. The lowest BCUT2D eigenvalue weighted by Crippen LogP contribution is -2.02. The molecule has 0 saturated heterocycles. The number of ketones is 1. The van der Waals surface area contributed by atoms with Gasteiger partial charge in [-0.25, -0.2) is 0 Å². The van der Waals surface area contributed by atoms with Gasteiger partial charge in [0.25, 0.3) is 0 Å². The van der Waals surface area contributed by atoms with Crippen LogP contribution in [0.2, 0.25) is 0 Å². The Labute approximate surface area is 93.0 Å². The average molecular weight is 213 g/mol. The van der Waals surface area contributed by atoms with Gasteiger partial charge in [-0.1, -0.05) is 0 Å². The summed E-state index contributed by atoms with van der Waals surface area (Å²) < 4.78 is 1.82. The largest absolute Gasteiger partial charge is 0.324 e. The van der Waals surface area contributed by atoms with Crippen molar-refractivity contribution < 1.29 is 4.79 Å². The van der Waals surface area contributed by atoms with E-state index in [1.165, 1.54) is 19.1 Å². The summed E-state index contributed by atoms with van der Waals surface area (Å²) in [5.41, 5.74) is 1.59. The molecule has 1 aromatic heterocycles. The molecule has 3 heteroatoms. The Balaban J connectivity index is 2.38. The minimum absolute atomic E-state index is 0.0170. The monoisotopic (exact) mass is 213 g/mol. The summed E-state index contributed by atoms with van der Waals surface area (Å²) in [6.07, 6.45) is 3.40. The minimum atomic E-state index is -0.0170. The van der Waals surface area contributed by atoms with E-state index < -0.39 is 0 Å². The standard InChI is InChI=1S/C13H11NO2/c1-10(15)11-2-4-12(5-3-11)14-8-6-13(16)7-9-14/h2-9H,1H3.